The van der Waals surface area contributed by atoms with Gasteiger partial charge in [-0.1, -0.05) is 11.2 Å². The van der Waals surface area contributed by atoms with Crippen molar-refractivity contribution in [1.29, 1.82) is 0 Å². The van der Waals surface area contributed by atoms with E-state index in [0.29, 0.717) is 6.54 Å². The van der Waals surface area contributed by atoms with E-state index in [9.17, 15) is 5.11 Å². The summed E-state index contributed by atoms with van der Waals surface area (Å²) in [6, 6.07) is 5.20. The molecule has 1 aromatic rings. The highest BCUT2D eigenvalue weighted by atomic mass is 16.7. The van der Waals surface area contributed by atoms with Crippen LogP contribution in [0.15, 0.2) is 18.2 Å². The lowest BCUT2D eigenvalue weighted by molar-refractivity contribution is -0.0942. The molecule has 0 saturated carbocycles. The topological polar surface area (TPSA) is 57.2 Å². The Hall–Kier alpha value is -1.34. The number of hydrazine groups is 1. The summed E-state index contributed by atoms with van der Waals surface area (Å²) in [6.45, 7) is 6.15. The predicted molar refractivity (Wildman–Crippen MR) is 69.5 cm³/mol. The van der Waals surface area contributed by atoms with E-state index in [4.69, 9.17) is 9.57 Å². The van der Waals surface area contributed by atoms with Crippen molar-refractivity contribution >= 4 is 0 Å². The lowest BCUT2D eigenvalue weighted by Crippen LogP contribution is -2.44. The molecule has 0 bridgehead atoms. The first-order valence-corrected chi connectivity index (χ1v) is 6.62. The molecule has 6 nitrogen and oxygen atoms in total. The van der Waals surface area contributed by atoms with Crippen molar-refractivity contribution in [2.24, 2.45) is 0 Å². The van der Waals surface area contributed by atoms with Crippen molar-refractivity contribution in [2.75, 3.05) is 39.4 Å². The van der Waals surface area contributed by atoms with E-state index in [0.717, 1.165) is 50.7 Å². The van der Waals surface area contributed by atoms with E-state index in [2.05, 4.69) is 10.3 Å². The van der Waals surface area contributed by atoms with Crippen LogP contribution in [-0.2, 0) is 11.3 Å². The zero-order valence-electron chi connectivity index (χ0n) is 10.8. The van der Waals surface area contributed by atoms with Gasteiger partial charge in [-0.2, -0.15) is 0 Å². The molecule has 0 radical (unpaired) electrons. The van der Waals surface area contributed by atoms with Gasteiger partial charge in [0, 0.05) is 37.8 Å². The lowest BCUT2D eigenvalue weighted by atomic mass is 10.2. The van der Waals surface area contributed by atoms with E-state index >= 15 is 0 Å². The number of hydroxylamine groups is 1. The molecule has 0 atom stereocenters. The van der Waals surface area contributed by atoms with Gasteiger partial charge in [0.05, 0.1) is 19.8 Å². The molecule has 2 aliphatic heterocycles. The molecule has 0 spiro atoms. The summed E-state index contributed by atoms with van der Waals surface area (Å²) in [7, 11) is 0. The Bertz CT molecular complexity index is 435. The quantitative estimate of drug-likeness (QED) is 0.818. The molecule has 2 heterocycles. The molecular weight excluding hydrogens is 246 g/mol. The van der Waals surface area contributed by atoms with Crippen LogP contribution in [0, 0.1) is 0 Å². The first-order chi connectivity index (χ1) is 9.31. The molecule has 0 aliphatic carbocycles. The fourth-order valence-corrected chi connectivity index (χ4v) is 2.31. The number of nitrogens with one attached hydrogen (secondary N) is 1. The van der Waals surface area contributed by atoms with E-state index < -0.39 is 0 Å². The molecule has 1 fully saturated rings. The molecule has 6 heteroatoms. The minimum absolute atomic E-state index is 0.230. The van der Waals surface area contributed by atoms with E-state index in [1.165, 1.54) is 0 Å². The van der Waals surface area contributed by atoms with Crippen LogP contribution in [0.4, 0.5) is 0 Å². The van der Waals surface area contributed by atoms with Crippen LogP contribution in [0.25, 0.3) is 0 Å². The Morgan fingerprint density at radius 1 is 1.26 bits per heavy atom. The second-order valence-electron chi connectivity index (χ2n) is 4.78. The van der Waals surface area contributed by atoms with E-state index in [1.54, 1.807) is 17.3 Å². The standard InChI is InChI=1S/C13H19N3O3/c17-12-2-1-11-10-16(19-13(11)9-12)14-3-4-15-5-7-18-8-6-15/h1-2,9,14,17H,3-8,10H2. The molecule has 1 saturated heterocycles. The van der Waals surface area contributed by atoms with Crippen LogP contribution in [0.1, 0.15) is 5.56 Å². The van der Waals surface area contributed by atoms with Gasteiger partial charge in [-0.3, -0.25) is 4.90 Å². The van der Waals surface area contributed by atoms with Crippen molar-refractivity contribution in [3.63, 3.8) is 0 Å². The number of aromatic hydroxyl groups is 1. The average Bonchev–Trinajstić information content (AvgIpc) is 2.82. The monoisotopic (exact) mass is 265 g/mol. The van der Waals surface area contributed by atoms with Crippen molar-refractivity contribution in [3.8, 4) is 11.5 Å². The van der Waals surface area contributed by atoms with Crippen LogP contribution >= 0.6 is 0 Å². The highest BCUT2D eigenvalue weighted by Crippen LogP contribution is 2.30. The lowest BCUT2D eigenvalue weighted by Gasteiger charge is -2.27. The SMILES string of the molecule is Oc1ccc2c(c1)ON(NCCN1CCOCC1)C2. The third kappa shape index (κ3) is 3.16. The number of hydrogen-bond acceptors (Lipinski definition) is 6. The summed E-state index contributed by atoms with van der Waals surface area (Å²) in [6.07, 6.45) is 0. The van der Waals surface area contributed by atoms with Gasteiger partial charge >= 0.3 is 0 Å². The largest absolute Gasteiger partial charge is 0.508 e. The van der Waals surface area contributed by atoms with Gasteiger partial charge in [0.15, 0.2) is 5.75 Å². The van der Waals surface area contributed by atoms with Gasteiger partial charge in [0.1, 0.15) is 5.75 Å². The van der Waals surface area contributed by atoms with Gasteiger partial charge < -0.3 is 14.7 Å². The molecule has 2 N–H and O–H groups in total. The molecule has 19 heavy (non-hydrogen) atoms. The number of fused-ring (bicyclic) bond motifs is 1. The maximum absolute atomic E-state index is 9.39. The number of morpholine rings is 1. The summed E-state index contributed by atoms with van der Waals surface area (Å²) in [5.41, 5.74) is 4.32. The van der Waals surface area contributed by atoms with Crippen molar-refractivity contribution < 1.29 is 14.7 Å². The number of rotatable bonds is 4. The van der Waals surface area contributed by atoms with Crippen LogP contribution < -0.4 is 10.3 Å². The number of benzene rings is 1. The molecule has 1 aromatic carbocycles. The number of phenols is 1. The van der Waals surface area contributed by atoms with Crippen LogP contribution in [-0.4, -0.2) is 54.6 Å². The van der Waals surface area contributed by atoms with Crippen LogP contribution in [0.5, 0.6) is 11.5 Å². The summed E-state index contributed by atoms with van der Waals surface area (Å²) in [5.74, 6) is 0.952. The van der Waals surface area contributed by atoms with Crippen molar-refractivity contribution in [1.82, 2.24) is 15.5 Å². The highest BCUT2D eigenvalue weighted by Gasteiger charge is 2.21. The van der Waals surface area contributed by atoms with Gasteiger partial charge in [0.25, 0.3) is 0 Å². The van der Waals surface area contributed by atoms with Gasteiger partial charge in [-0.05, 0) is 6.07 Å². The molecule has 2 aliphatic rings. The Kier molecular flexibility index (Phi) is 3.84. The molecule has 0 unspecified atom stereocenters. The van der Waals surface area contributed by atoms with Crippen molar-refractivity contribution in [3.05, 3.63) is 23.8 Å². The highest BCUT2D eigenvalue weighted by molar-refractivity contribution is 5.41. The maximum Gasteiger partial charge on any atom is 0.157 e. The molecule has 104 valence electrons. The second-order valence-corrected chi connectivity index (χ2v) is 4.78. The first-order valence-electron chi connectivity index (χ1n) is 6.62. The summed E-state index contributed by atoms with van der Waals surface area (Å²) in [5, 5.41) is 11.1. The van der Waals surface area contributed by atoms with Gasteiger partial charge in [0.2, 0.25) is 0 Å². The van der Waals surface area contributed by atoms with Crippen LogP contribution in [0.3, 0.4) is 0 Å². The summed E-state index contributed by atoms with van der Waals surface area (Å²) in [4.78, 5) is 7.96. The first kappa shape index (κ1) is 12.7. The Morgan fingerprint density at radius 3 is 2.95 bits per heavy atom. The minimum Gasteiger partial charge on any atom is -0.508 e. The van der Waals surface area contributed by atoms with Gasteiger partial charge in [-0.25, -0.2) is 5.43 Å². The predicted octanol–water partition coefficient (Wildman–Crippen LogP) is 0.338. The van der Waals surface area contributed by atoms with Crippen LogP contribution in [0.2, 0.25) is 0 Å². The Morgan fingerprint density at radius 2 is 2.11 bits per heavy atom. The van der Waals surface area contributed by atoms with E-state index in [-0.39, 0.29) is 5.75 Å². The molecule has 0 aromatic heterocycles. The normalized spacial score (nSPS) is 20.2. The van der Waals surface area contributed by atoms with E-state index in [1.807, 2.05) is 6.07 Å². The van der Waals surface area contributed by atoms with Gasteiger partial charge in [-0.15, -0.1) is 0 Å². The number of hydrogen-bond donors (Lipinski definition) is 2. The minimum atomic E-state index is 0.230. The molecule has 3 rings (SSSR count). The average molecular weight is 265 g/mol. The second kappa shape index (κ2) is 5.75. The third-order valence-corrected chi connectivity index (χ3v) is 3.39. The number of nitrogens with zero attached hydrogens (tertiary/aromatic N) is 2. The zero-order chi connectivity index (χ0) is 13.1. The summed E-state index contributed by atoms with van der Waals surface area (Å²) >= 11 is 0. The smallest absolute Gasteiger partial charge is 0.157 e. The third-order valence-electron chi connectivity index (χ3n) is 3.39. The van der Waals surface area contributed by atoms with Crippen molar-refractivity contribution in [2.45, 2.75) is 6.54 Å². The zero-order valence-corrected chi connectivity index (χ0v) is 10.8. The fraction of sp³-hybridized carbons (Fsp3) is 0.538. The fourth-order valence-electron chi connectivity index (χ4n) is 2.31. The Labute approximate surface area is 112 Å². The summed E-state index contributed by atoms with van der Waals surface area (Å²) < 4.78 is 5.31. The number of ether oxygens (including phenoxy) is 1. The molecule has 0 amide bonds. The maximum atomic E-state index is 9.39. The Balaban J connectivity index is 1.43. The number of phenolic OH excluding ortho intramolecular Hbond substituents is 1. The molecular formula is C13H19N3O3.